The van der Waals surface area contributed by atoms with Crippen LogP contribution in [0.1, 0.15) is 11.7 Å². The molecule has 0 aliphatic carbocycles. The molecular weight excluding hydrogens is 246 g/mol. The molecule has 0 bridgehead atoms. The molecule has 0 aromatic heterocycles. The molecule has 1 rings (SSSR count). The average Bonchev–Trinajstić information content (AvgIpc) is 2.23. The first-order valence-corrected chi connectivity index (χ1v) is 4.84. The lowest BCUT2D eigenvalue weighted by atomic mass is 10.0. The SMILES string of the molecule is OCC(O)C(O)c1cc(F)c(Cl)c(Cl)c1. The highest BCUT2D eigenvalue weighted by atomic mass is 35.5. The van der Waals surface area contributed by atoms with E-state index in [1.807, 2.05) is 0 Å². The Hall–Kier alpha value is -0.390. The molecule has 2 atom stereocenters. The van der Waals surface area contributed by atoms with Crippen molar-refractivity contribution in [3.8, 4) is 0 Å². The summed E-state index contributed by atoms with van der Waals surface area (Å²) in [5, 5.41) is 26.9. The first-order valence-electron chi connectivity index (χ1n) is 4.08. The van der Waals surface area contributed by atoms with Gasteiger partial charge in [-0.15, -0.1) is 0 Å². The van der Waals surface area contributed by atoms with Gasteiger partial charge in [-0.3, -0.25) is 0 Å². The average molecular weight is 255 g/mol. The molecule has 0 saturated carbocycles. The number of aliphatic hydroxyl groups is 3. The van der Waals surface area contributed by atoms with Crippen molar-refractivity contribution in [2.45, 2.75) is 12.2 Å². The minimum atomic E-state index is -1.40. The van der Waals surface area contributed by atoms with Crippen LogP contribution in [0.5, 0.6) is 0 Å². The molecule has 6 heteroatoms. The van der Waals surface area contributed by atoms with E-state index in [-0.39, 0.29) is 15.6 Å². The molecule has 1 aromatic carbocycles. The van der Waals surface area contributed by atoms with Crippen LogP contribution in [0.15, 0.2) is 12.1 Å². The van der Waals surface area contributed by atoms with E-state index in [1.54, 1.807) is 0 Å². The molecular formula is C9H9Cl2FO3. The predicted octanol–water partition coefficient (Wildman–Crippen LogP) is 1.52. The monoisotopic (exact) mass is 254 g/mol. The van der Waals surface area contributed by atoms with Gasteiger partial charge in [0.2, 0.25) is 0 Å². The summed E-state index contributed by atoms with van der Waals surface area (Å²) >= 11 is 11.1. The van der Waals surface area contributed by atoms with Crippen molar-refractivity contribution in [2.24, 2.45) is 0 Å². The summed E-state index contributed by atoms with van der Waals surface area (Å²) in [5.74, 6) is -0.789. The highest BCUT2D eigenvalue weighted by Crippen LogP contribution is 2.29. The van der Waals surface area contributed by atoms with Gasteiger partial charge in [-0.1, -0.05) is 23.2 Å². The summed E-state index contributed by atoms with van der Waals surface area (Å²) in [5.41, 5.74) is 0.0588. The third-order valence-electron chi connectivity index (χ3n) is 1.90. The lowest BCUT2D eigenvalue weighted by Crippen LogP contribution is -2.22. The van der Waals surface area contributed by atoms with Crippen molar-refractivity contribution in [2.75, 3.05) is 6.61 Å². The number of halogens is 3. The van der Waals surface area contributed by atoms with Gasteiger partial charge in [0.15, 0.2) is 0 Å². The highest BCUT2D eigenvalue weighted by Gasteiger charge is 2.20. The summed E-state index contributed by atoms with van der Waals surface area (Å²) < 4.78 is 13.1. The summed E-state index contributed by atoms with van der Waals surface area (Å²) in [6.45, 7) is -0.636. The van der Waals surface area contributed by atoms with Gasteiger partial charge in [-0.05, 0) is 17.7 Å². The van der Waals surface area contributed by atoms with Crippen LogP contribution in [0.2, 0.25) is 10.0 Å². The molecule has 0 amide bonds. The number of hydrogen-bond acceptors (Lipinski definition) is 3. The van der Waals surface area contributed by atoms with Crippen LogP contribution in [-0.2, 0) is 0 Å². The largest absolute Gasteiger partial charge is 0.394 e. The topological polar surface area (TPSA) is 60.7 Å². The molecule has 0 fully saturated rings. The Morgan fingerprint density at radius 3 is 2.33 bits per heavy atom. The highest BCUT2D eigenvalue weighted by molar-refractivity contribution is 6.42. The fourth-order valence-corrected chi connectivity index (χ4v) is 1.39. The Kier molecular flexibility index (Phi) is 4.31. The Balaban J connectivity index is 3.06. The Morgan fingerprint density at radius 2 is 1.87 bits per heavy atom. The van der Waals surface area contributed by atoms with Crippen molar-refractivity contribution in [3.63, 3.8) is 0 Å². The summed E-state index contributed by atoms with van der Waals surface area (Å²) in [7, 11) is 0. The molecule has 3 nitrogen and oxygen atoms in total. The zero-order chi connectivity index (χ0) is 11.6. The van der Waals surface area contributed by atoms with Gasteiger partial charge in [-0.2, -0.15) is 0 Å². The normalized spacial score (nSPS) is 15.1. The van der Waals surface area contributed by atoms with E-state index in [9.17, 15) is 9.50 Å². The number of aliphatic hydroxyl groups excluding tert-OH is 3. The number of hydrogen-bond donors (Lipinski definition) is 3. The third-order valence-corrected chi connectivity index (χ3v) is 2.68. The molecule has 0 aliphatic heterocycles. The molecule has 15 heavy (non-hydrogen) atoms. The molecule has 0 radical (unpaired) electrons. The van der Waals surface area contributed by atoms with Crippen molar-refractivity contribution in [1.82, 2.24) is 0 Å². The van der Waals surface area contributed by atoms with Crippen molar-refractivity contribution >= 4 is 23.2 Å². The van der Waals surface area contributed by atoms with E-state index in [2.05, 4.69) is 0 Å². The maximum atomic E-state index is 13.1. The minimum absolute atomic E-state index is 0.0588. The summed E-state index contributed by atoms with van der Waals surface area (Å²) in [6.07, 6.45) is -2.79. The first-order chi connectivity index (χ1) is 6.97. The van der Waals surface area contributed by atoms with Gasteiger partial charge in [0.05, 0.1) is 16.7 Å². The van der Waals surface area contributed by atoms with E-state index < -0.39 is 24.6 Å². The zero-order valence-corrected chi connectivity index (χ0v) is 9.00. The third kappa shape index (κ3) is 2.80. The van der Waals surface area contributed by atoms with Crippen LogP contribution in [0.3, 0.4) is 0 Å². The summed E-state index contributed by atoms with van der Waals surface area (Å²) in [6, 6.07) is 2.19. The Bertz CT molecular complexity index is 336. The van der Waals surface area contributed by atoms with E-state index in [1.165, 1.54) is 6.07 Å². The molecule has 0 saturated heterocycles. The summed E-state index contributed by atoms with van der Waals surface area (Å²) in [4.78, 5) is 0. The fourth-order valence-electron chi connectivity index (χ4n) is 1.07. The van der Waals surface area contributed by atoms with E-state index in [4.69, 9.17) is 33.4 Å². The molecule has 0 spiro atoms. The van der Waals surface area contributed by atoms with Gasteiger partial charge >= 0.3 is 0 Å². The maximum Gasteiger partial charge on any atom is 0.143 e. The number of benzene rings is 1. The zero-order valence-electron chi connectivity index (χ0n) is 7.49. The maximum absolute atomic E-state index is 13.1. The standard InChI is InChI=1S/C9H9Cl2FO3/c10-5-1-4(2-6(12)8(5)11)9(15)7(14)3-13/h1-2,7,9,13-15H,3H2. The minimum Gasteiger partial charge on any atom is -0.394 e. The van der Waals surface area contributed by atoms with Gasteiger partial charge in [0.25, 0.3) is 0 Å². The van der Waals surface area contributed by atoms with Crippen molar-refractivity contribution in [3.05, 3.63) is 33.6 Å². The van der Waals surface area contributed by atoms with Crippen molar-refractivity contribution < 1.29 is 19.7 Å². The molecule has 1 aromatic rings. The smallest absolute Gasteiger partial charge is 0.143 e. The van der Waals surface area contributed by atoms with Crippen LogP contribution >= 0.6 is 23.2 Å². The second-order valence-corrected chi connectivity index (χ2v) is 3.78. The first kappa shape index (κ1) is 12.7. The fraction of sp³-hybridized carbons (Fsp3) is 0.333. The molecule has 84 valence electrons. The predicted molar refractivity (Wildman–Crippen MR) is 54.5 cm³/mol. The van der Waals surface area contributed by atoms with Gasteiger partial charge in [-0.25, -0.2) is 4.39 Å². The van der Waals surface area contributed by atoms with E-state index in [0.29, 0.717) is 0 Å². The van der Waals surface area contributed by atoms with Crippen LogP contribution in [0.25, 0.3) is 0 Å². The molecule has 0 heterocycles. The lowest BCUT2D eigenvalue weighted by Gasteiger charge is -2.16. The quantitative estimate of drug-likeness (QED) is 0.717. The molecule has 2 unspecified atom stereocenters. The van der Waals surface area contributed by atoms with Crippen LogP contribution in [-0.4, -0.2) is 28.0 Å². The van der Waals surface area contributed by atoms with Crippen LogP contribution in [0.4, 0.5) is 4.39 Å². The van der Waals surface area contributed by atoms with Crippen molar-refractivity contribution in [1.29, 1.82) is 0 Å². The van der Waals surface area contributed by atoms with Crippen LogP contribution < -0.4 is 0 Å². The Morgan fingerprint density at radius 1 is 1.27 bits per heavy atom. The lowest BCUT2D eigenvalue weighted by molar-refractivity contribution is -0.0153. The second kappa shape index (κ2) is 5.09. The van der Waals surface area contributed by atoms with E-state index >= 15 is 0 Å². The molecule has 3 N–H and O–H groups in total. The number of rotatable bonds is 3. The van der Waals surface area contributed by atoms with Gasteiger partial charge < -0.3 is 15.3 Å². The second-order valence-electron chi connectivity index (χ2n) is 2.99. The van der Waals surface area contributed by atoms with Gasteiger partial charge in [0, 0.05) is 0 Å². The van der Waals surface area contributed by atoms with Gasteiger partial charge in [0.1, 0.15) is 18.0 Å². The Labute approximate surface area is 95.7 Å². The van der Waals surface area contributed by atoms with E-state index in [0.717, 1.165) is 6.07 Å². The van der Waals surface area contributed by atoms with Crippen LogP contribution in [0, 0.1) is 5.82 Å². The molecule has 0 aliphatic rings.